The minimum absolute atomic E-state index is 0.274. The van der Waals surface area contributed by atoms with Crippen LogP contribution in [0.25, 0.3) is 21.8 Å². The smallest absolute Gasteiger partial charge is 0.328 e. The fourth-order valence-electron chi connectivity index (χ4n) is 3.90. The lowest BCUT2D eigenvalue weighted by molar-refractivity contribution is -0.142. The predicted molar refractivity (Wildman–Crippen MR) is 121 cm³/mol. The van der Waals surface area contributed by atoms with Gasteiger partial charge in [-0.15, -0.1) is 0 Å². The number of para-hydroxylation sites is 1. The summed E-state index contributed by atoms with van der Waals surface area (Å²) >= 11 is 0. The van der Waals surface area contributed by atoms with Gasteiger partial charge in [-0.25, -0.2) is 9.78 Å². The normalized spacial score (nSPS) is 12.1. The summed E-state index contributed by atoms with van der Waals surface area (Å²) in [6, 6.07) is 19.7. The standard InChI is InChI=1S/C25H25N3O3/c1-17(25(30)31-2)27-24(29)21-15-20-19-12-6-7-13-22(19)28(23(20)16-26-21)14-8-11-18-9-4-3-5-10-18/h3-7,9-10,12-13,15-17H,8,11,14H2,1-2H3,(H,27,29)/t17-/m0/s1. The van der Waals surface area contributed by atoms with Crippen molar-refractivity contribution in [2.75, 3.05) is 7.11 Å². The number of esters is 1. The van der Waals surface area contributed by atoms with Crippen LogP contribution in [-0.2, 0) is 22.5 Å². The van der Waals surface area contributed by atoms with Crippen LogP contribution in [0.15, 0.2) is 66.9 Å². The molecule has 2 heterocycles. The summed E-state index contributed by atoms with van der Waals surface area (Å²) in [6.07, 6.45) is 3.74. The van der Waals surface area contributed by atoms with Gasteiger partial charge in [0.25, 0.3) is 5.91 Å². The molecule has 0 unspecified atom stereocenters. The number of fused-ring (bicyclic) bond motifs is 3. The van der Waals surface area contributed by atoms with Gasteiger partial charge in [0.15, 0.2) is 0 Å². The van der Waals surface area contributed by atoms with Crippen LogP contribution < -0.4 is 5.32 Å². The van der Waals surface area contributed by atoms with Crippen molar-refractivity contribution in [3.63, 3.8) is 0 Å². The number of hydrogen-bond donors (Lipinski definition) is 1. The zero-order valence-corrected chi connectivity index (χ0v) is 17.7. The highest BCUT2D eigenvalue weighted by molar-refractivity contribution is 6.10. The maximum Gasteiger partial charge on any atom is 0.328 e. The molecule has 31 heavy (non-hydrogen) atoms. The average molecular weight is 415 g/mol. The van der Waals surface area contributed by atoms with Gasteiger partial charge in [-0.3, -0.25) is 4.79 Å². The lowest BCUT2D eigenvalue weighted by Gasteiger charge is -2.11. The second-order valence-electron chi connectivity index (χ2n) is 7.56. The fourth-order valence-corrected chi connectivity index (χ4v) is 3.90. The molecule has 1 amide bonds. The maximum atomic E-state index is 12.6. The van der Waals surface area contributed by atoms with Gasteiger partial charge in [0.1, 0.15) is 11.7 Å². The number of aromatic nitrogens is 2. The van der Waals surface area contributed by atoms with Crippen LogP contribution in [0.2, 0.25) is 0 Å². The Morgan fingerprint density at radius 2 is 1.77 bits per heavy atom. The van der Waals surface area contributed by atoms with Crippen molar-refractivity contribution < 1.29 is 14.3 Å². The molecule has 2 aromatic heterocycles. The highest BCUT2D eigenvalue weighted by Gasteiger charge is 2.19. The van der Waals surface area contributed by atoms with E-state index in [1.807, 2.05) is 18.2 Å². The van der Waals surface area contributed by atoms with Crippen molar-refractivity contribution in [2.45, 2.75) is 32.4 Å². The van der Waals surface area contributed by atoms with E-state index >= 15 is 0 Å². The number of nitrogens with one attached hydrogen (secondary N) is 1. The fraction of sp³-hybridized carbons (Fsp3) is 0.240. The van der Waals surface area contributed by atoms with E-state index in [-0.39, 0.29) is 5.69 Å². The Balaban J connectivity index is 1.63. The third-order valence-electron chi connectivity index (χ3n) is 5.48. The SMILES string of the molecule is COC(=O)[C@H](C)NC(=O)c1cc2c3ccccc3n(CCCc3ccccc3)c2cn1. The van der Waals surface area contributed by atoms with Gasteiger partial charge >= 0.3 is 5.97 Å². The van der Waals surface area contributed by atoms with Gasteiger partial charge in [0.2, 0.25) is 0 Å². The highest BCUT2D eigenvalue weighted by atomic mass is 16.5. The lowest BCUT2D eigenvalue weighted by atomic mass is 10.1. The van der Waals surface area contributed by atoms with Gasteiger partial charge in [0.05, 0.1) is 18.8 Å². The Hall–Kier alpha value is -3.67. The number of carbonyl (C=O) groups is 2. The molecule has 6 nitrogen and oxygen atoms in total. The third-order valence-corrected chi connectivity index (χ3v) is 5.48. The summed E-state index contributed by atoms with van der Waals surface area (Å²) in [5, 5.41) is 4.69. The van der Waals surface area contributed by atoms with E-state index in [0.717, 1.165) is 41.2 Å². The molecule has 1 N–H and O–H groups in total. The molecule has 2 aromatic carbocycles. The number of pyridine rings is 1. The Morgan fingerprint density at radius 3 is 2.55 bits per heavy atom. The number of ether oxygens (including phenoxy) is 1. The van der Waals surface area contributed by atoms with E-state index in [1.165, 1.54) is 12.7 Å². The first-order valence-electron chi connectivity index (χ1n) is 10.4. The number of aryl methyl sites for hydroxylation is 2. The Labute approximate surface area is 180 Å². The molecule has 4 aromatic rings. The molecule has 158 valence electrons. The Kier molecular flexibility index (Phi) is 5.98. The van der Waals surface area contributed by atoms with E-state index in [0.29, 0.717) is 0 Å². The topological polar surface area (TPSA) is 73.2 Å². The summed E-state index contributed by atoms with van der Waals surface area (Å²) < 4.78 is 6.94. The molecule has 0 fully saturated rings. The van der Waals surface area contributed by atoms with E-state index in [1.54, 1.807) is 19.2 Å². The van der Waals surface area contributed by atoms with Crippen LogP contribution in [0.4, 0.5) is 0 Å². The number of amides is 1. The summed E-state index contributed by atoms with van der Waals surface area (Å²) in [5.74, 6) is -0.898. The molecular weight excluding hydrogens is 390 g/mol. The Bertz CT molecular complexity index is 1230. The molecule has 0 radical (unpaired) electrons. The van der Waals surface area contributed by atoms with Crippen molar-refractivity contribution in [1.29, 1.82) is 0 Å². The number of rotatable bonds is 7. The number of benzene rings is 2. The lowest BCUT2D eigenvalue weighted by Crippen LogP contribution is -2.39. The minimum Gasteiger partial charge on any atom is -0.467 e. The second-order valence-corrected chi connectivity index (χ2v) is 7.56. The summed E-state index contributed by atoms with van der Waals surface area (Å²) in [7, 11) is 1.29. The van der Waals surface area contributed by atoms with E-state index in [4.69, 9.17) is 0 Å². The van der Waals surface area contributed by atoms with Crippen LogP contribution in [0.3, 0.4) is 0 Å². The van der Waals surface area contributed by atoms with Crippen molar-refractivity contribution in [3.8, 4) is 0 Å². The van der Waals surface area contributed by atoms with Crippen molar-refractivity contribution in [1.82, 2.24) is 14.9 Å². The van der Waals surface area contributed by atoms with Crippen LogP contribution >= 0.6 is 0 Å². The first-order valence-corrected chi connectivity index (χ1v) is 10.4. The van der Waals surface area contributed by atoms with Crippen LogP contribution in [0.5, 0.6) is 0 Å². The molecule has 0 aliphatic carbocycles. The molecule has 6 heteroatoms. The summed E-state index contributed by atoms with van der Waals surface area (Å²) in [4.78, 5) is 28.6. The number of methoxy groups -OCH3 is 1. The van der Waals surface area contributed by atoms with Gasteiger partial charge in [-0.2, -0.15) is 0 Å². The monoisotopic (exact) mass is 415 g/mol. The first-order chi connectivity index (χ1) is 15.1. The molecule has 0 bridgehead atoms. The second kappa shape index (κ2) is 9.00. The van der Waals surface area contributed by atoms with E-state index in [2.05, 4.69) is 56.0 Å². The number of nitrogens with zero attached hydrogens (tertiary/aromatic N) is 2. The van der Waals surface area contributed by atoms with Crippen LogP contribution in [0.1, 0.15) is 29.4 Å². The van der Waals surface area contributed by atoms with Crippen molar-refractivity contribution in [3.05, 3.63) is 78.1 Å². The molecule has 1 atom stereocenters. The minimum atomic E-state index is -0.741. The summed E-state index contributed by atoms with van der Waals surface area (Å²) in [6.45, 7) is 2.44. The molecule has 4 rings (SSSR count). The van der Waals surface area contributed by atoms with E-state index in [9.17, 15) is 9.59 Å². The van der Waals surface area contributed by atoms with Gasteiger partial charge in [-0.05, 0) is 37.5 Å². The van der Waals surface area contributed by atoms with Gasteiger partial charge in [-0.1, -0.05) is 48.5 Å². The van der Waals surface area contributed by atoms with Gasteiger partial charge in [0, 0.05) is 22.8 Å². The quantitative estimate of drug-likeness (QED) is 0.461. The number of hydrogen-bond acceptors (Lipinski definition) is 4. The van der Waals surface area contributed by atoms with Crippen LogP contribution in [-0.4, -0.2) is 34.6 Å². The molecular formula is C25H25N3O3. The van der Waals surface area contributed by atoms with E-state index < -0.39 is 17.9 Å². The van der Waals surface area contributed by atoms with Crippen LogP contribution in [0, 0.1) is 0 Å². The molecule has 0 aliphatic heterocycles. The average Bonchev–Trinajstić information content (AvgIpc) is 3.12. The molecule has 0 aliphatic rings. The van der Waals surface area contributed by atoms with Gasteiger partial charge < -0.3 is 14.6 Å². The zero-order valence-electron chi connectivity index (χ0n) is 17.7. The molecule has 0 spiro atoms. The largest absolute Gasteiger partial charge is 0.467 e. The predicted octanol–water partition coefficient (Wildman–Crippen LogP) is 4.11. The first kappa shape index (κ1) is 20.6. The zero-order chi connectivity index (χ0) is 21.8. The molecule has 0 saturated heterocycles. The Morgan fingerprint density at radius 1 is 1.03 bits per heavy atom. The highest BCUT2D eigenvalue weighted by Crippen LogP contribution is 2.29. The summed E-state index contributed by atoms with van der Waals surface area (Å²) in [5.41, 5.74) is 3.70. The van der Waals surface area contributed by atoms with Crippen molar-refractivity contribution >= 4 is 33.7 Å². The van der Waals surface area contributed by atoms with Crippen molar-refractivity contribution in [2.24, 2.45) is 0 Å². The molecule has 0 saturated carbocycles. The number of carbonyl (C=O) groups excluding carboxylic acids is 2. The maximum absolute atomic E-state index is 12.6. The third kappa shape index (κ3) is 4.28.